The van der Waals surface area contributed by atoms with E-state index in [0.29, 0.717) is 31.0 Å². The van der Waals surface area contributed by atoms with Gasteiger partial charge in [0.15, 0.2) is 0 Å². The molecule has 1 amide bonds. The highest BCUT2D eigenvalue weighted by atomic mass is 16.5. The molecule has 2 aromatic carbocycles. The van der Waals surface area contributed by atoms with Crippen LogP contribution in [0, 0.1) is 0 Å². The Morgan fingerprint density at radius 2 is 1.80 bits per heavy atom. The second-order valence-electron chi connectivity index (χ2n) is 7.33. The first kappa shape index (κ1) is 21.3. The van der Waals surface area contributed by atoms with Crippen molar-refractivity contribution < 1.29 is 19.4 Å². The van der Waals surface area contributed by atoms with Gasteiger partial charge in [-0.05, 0) is 31.8 Å². The molecule has 1 unspecified atom stereocenters. The van der Waals surface area contributed by atoms with E-state index >= 15 is 0 Å². The standard InChI is InChI=1S/C24H26N2O4/c1-4-16-30-19-12-10-17(11-13-19)21-20(22(27)18-8-6-5-7-9-18)23(28)24(29)26(21)15-14-25(2)3/h4-13,21,27H,1,14-16H2,2-3H3. The fourth-order valence-electron chi connectivity index (χ4n) is 3.42. The second kappa shape index (κ2) is 9.41. The van der Waals surface area contributed by atoms with Crippen LogP contribution in [0.3, 0.4) is 0 Å². The number of carbonyl (C=O) groups is 2. The topological polar surface area (TPSA) is 70.1 Å². The first-order valence-electron chi connectivity index (χ1n) is 9.76. The van der Waals surface area contributed by atoms with Crippen molar-refractivity contribution in [1.29, 1.82) is 0 Å². The molecule has 30 heavy (non-hydrogen) atoms. The van der Waals surface area contributed by atoms with Crippen LogP contribution in [0.5, 0.6) is 5.75 Å². The van der Waals surface area contributed by atoms with Gasteiger partial charge in [-0.15, -0.1) is 0 Å². The summed E-state index contributed by atoms with van der Waals surface area (Å²) in [6.07, 6.45) is 1.66. The summed E-state index contributed by atoms with van der Waals surface area (Å²) in [6.45, 7) is 4.97. The predicted octanol–water partition coefficient (Wildman–Crippen LogP) is 3.23. The zero-order valence-corrected chi connectivity index (χ0v) is 17.2. The molecule has 1 aliphatic heterocycles. The molecule has 0 aliphatic carbocycles. The molecule has 6 nitrogen and oxygen atoms in total. The van der Waals surface area contributed by atoms with Gasteiger partial charge in [-0.3, -0.25) is 9.59 Å². The first-order chi connectivity index (χ1) is 14.4. The molecule has 1 fully saturated rings. The Balaban J connectivity index is 2.06. The Morgan fingerprint density at radius 1 is 1.13 bits per heavy atom. The number of amides is 1. The Labute approximate surface area is 176 Å². The molecule has 3 rings (SSSR count). The zero-order valence-electron chi connectivity index (χ0n) is 17.2. The third-order valence-corrected chi connectivity index (χ3v) is 4.94. The zero-order chi connectivity index (χ0) is 21.7. The van der Waals surface area contributed by atoms with Crippen LogP contribution in [0.15, 0.2) is 72.8 Å². The number of Topliss-reactive ketones (excluding diaryl/α,β-unsaturated/α-hetero) is 1. The van der Waals surface area contributed by atoms with Gasteiger partial charge in [-0.1, -0.05) is 55.1 Å². The van der Waals surface area contributed by atoms with E-state index in [0.717, 1.165) is 5.56 Å². The number of carbonyl (C=O) groups excluding carboxylic acids is 2. The van der Waals surface area contributed by atoms with E-state index in [2.05, 4.69) is 6.58 Å². The lowest BCUT2D eigenvalue weighted by Gasteiger charge is -2.26. The lowest BCUT2D eigenvalue weighted by Crippen LogP contribution is -2.35. The third-order valence-electron chi connectivity index (χ3n) is 4.94. The lowest BCUT2D eigenvalue weighted by molar-refractivity contribution is -0.140. The number of hydrogen-bond donors (Lipinski definition) is 1. The van der Waals surface area contributed by atoms with Crippen molar-refractivity contribution in [3.8, 4) is 5.75 Å². The van der Waals surface area contributed by atoms with Crippen LogP contribution in [0.1, 0.15) is 17.2 Å². The van der Waals surface area contributed by atoms with Crippen LogP contribution in [-0.2, 0) is 9.59 Å². The van der Waals surface area contributed by atoms with E-state index in [-0.39, 0.29) is 11.3 Å². The molecular formula is C24H26N2O4. The Bertz CT molecular complexity index is 949. The molecule has 156 valence electrons. The highest BCUT2D eigenvalue weighted by Gasteiger charge is 2.45. The van der Waals surface area contributed by atoms with Gasteiger partial charge in [0.25, 0.3) is 11.7 Å². The molecule has 1 heterocycles. The largest absolute Gasteiger partial charge is 0.507 e. The van der Waals surface area contributed by atoms with E-state index in [4.69, 9.17) is 4.74 Å². The number of rotatable bonds is 8. The van der Waals surface area contributed by atoms with Crippen LogP contribution in [0.2, 0.25) is 0 Å². The monoisotopic (exact) mass is 406 g/mol. The molecule has 0 aromatic heterocycles. The van der Waals surface area contributed by atoms with E-state index < -0.39 is 17.7 Å². The number of benzene rings is 2. The summed E-state index contributed by atoms with van der Waals surface area (Å²) in [7, 11) is 3.81. The van der Waals surface area contributed by atoms with E-state index in [1.54, 1.807) is 42.5 Å². The number of hydrogen-bond acceptors (Lipinski definition) is 5. The van der Waals surface area contributed by atoms with Gasteiger partial charge in [-0.25, -0.2) is 0 Å². The minimum Gasteiger partial charge on any atom is -0.507 e. The van der Waals surface area contributed by atoms with Crippen LogP contribution >= 0.6 is 0 Å². The van der Waals surface area contributed by atoms with Gasteiger partial charge < -0.3 is 19.6 Å². The van der Waals surface area contributed by atoms with Crippen LogP contribution in [0.25, 0.3) is 5.76 Å². The summed E-state index contributed by atoms with van der Waals surface area (Å²) in [5, 5.41) is 10.9. The summed E-state index contributed by atoms with van der Waals surface area (Å²) in [5.41, 5.74) is 1.33. The average Bonchev–Trinajstić information content (AvgIpc) is 3.01. The van der Waals surface area contributed by atoms with E-state index in [1.807, 2.05) is 37.2 Å². The predicted molar refractivity (Wildman–Crippen MR) is 116 cm³/mol. The van der Waals surface area contributed by atoms with Gasteiger partial charge in [0.05, 0.1) is 11.6 Å². The summed E-state index contributed by atoms with van der Waals surface area (Å²) >= 11 is 0. The number of nitrogens with zero attached hydrogens (tertiary/aromatic N) is 2. The van der Waals surface area contributed by atoms with Crippen molar-refractivity contribution in [2.75, 3.05) is 33.8 Å². The summed E-state index contributed by atoms with van der Waals surface area (Å²) in [5.74, 6) is -0.788. The number of likely N-dealkylation sites (N-methyl/N-ethyl adjacent to an activating group) is 1. The highest BCUT2D eigenvalue weighted by Crippen LogP contribution is 2.39. The minimum atomic E-state index is -0.674. The fourth-order valence-corrected chi connectivity index (χ4v) is 3.42. The van der Waals surface area contributed by atoms with Crippen molar-refractivity contribution in [3.63, 3.8) is 0 Å². The summed E-state index contributed by atoms with van der Waals surface area (Å²) in [4.78, 5) is 29.2. The maximum absolute atomic E-state index is 12.9. The van der Waals surface area contributed by atoms with Crippen molar-refractivity contribution in [2.24, 2.45) is 0 Å². The molecule has 1 atom stereocenters. The summed E-state index contributed by atoms with van der Waals surface area (Å²) < 4.78 is 5.53. The van der Waals surface area contributed by atoms with Gasteiger partial charge in [0.1, 0.15) is 18.1 Å². The van der Waals surface area contributed by atoms with Gasteiger partial charge in [0, 0.05) is 18.7 Å². The molecule has 0 saturated carbocycles. The number of likely N-dealkylation sites (tertiary alicyclic amines) is 1. The first-order valence-corrected chi connectivity index (χ1v) is 9.76. The molecule has 1 saturated heterocycles. The molecule has 0 spiro atoms. The maximum Gasteiger partial charge on any atom is 0.295 e. The summed E-state index contributed by atoms with van der Waals surface area (Å²) in [6, 6.07) is 15.3. The number of aliphatic hydroxyl groups excluding tert-OH is 1. The molecule has 6 heteroatoms. The van der Waals surface area contributed by atoms with Crippen molar-refractivity contribution in [1.82, 2.24) is 9.80 Å². The number of aliphatic hydroxyl groups is 1. The van der Waals surface area contributed by atoms with Gasteiger partial charge >= 0.3 is 0 Å². The second-order valence-corrected chi connectivity index (χ2v) is 7.33. The van der Waals surface area contributed by atoms with Crippen molar-refractivity contribution >= 4 is 17.4 Å². The molecule has 0 radical (unpaired) electrons. The highest BCUT2D eigenvalue weighted by molar-refractivity contribution is 6.46. The lowest BCUT2D eigenvalue weighted by atomic mass is 9.95. The maximum atomic E-state index is 12.9. The minimum absolute atomic E-state index is 0.102. The quantitative estimate of drug-likeness (QED) is 0.315. The fraction of sp³-hybridized carbons (Fsp3) is 0.250. The molecule has 1 N–H and O–H groups in total. The van der Waals surface area contributed by atoms with E-state index in [9.17, 15) is 14.7 Å². The SMILES string of the molecule is C=CCOc1ccc(C2C(=C(O)c3ccccc3)C(=O)C(=O)N2CCN(C)C)cc1. The normalized spacial score (nSPS) is 18.1. The Morgan fingerprint density at radius 3 is 2.40 bits per heavy atom. The van der Waals surface area contributed by atoms with Crippen LogP contribution in [0.4, 0.5) is 0 Å². The van der Waals surface area contributed by atoms with Gasteiger partial charge in [-0.2, -0.15) is 0 Å². The van der Waals surface area contributed by atoms with E-state index in [1.165, 1.54) is 4.90 Å². The smallest absolute Gasteiger partial charge is 0.295 e. The van der Waals surface area contributed by atoms with Crippen molar-refractivity contribution in [3.05, 3.63) is 84.0 Å². The molecule has 0 bridgehead atoms. The Hall–Kier alpha value is -3.38. The Kier molecular flexibility index (Phi) is 6.69. The molecule has 2 aromatic rings. The average molecular weight is 406 g/mol. The number of ketones is 1. The molecular weight excluding hydrogens is 380 g/mol. The van der Waals surface area contributed by atoms with Crippen molar-refractivity contribution in [2.45, 2.75) is 6.04 Å². The number of ether oxygens (including phenoxy) is 1. The third kappa shape index (κ3) is 4.44. The van der Waals surface area contributed by atoms with Crippen LogP contribution < -0.4 is 4.74 Å². The van der Waals surface area contributed by atoms with Gasteiger partial charge in [0.2, 0.25) is 0 Å². The molecule has 1 aliphatic rings. The van der Waals surface area contributed by atoms with Crippen LogP contribution in [-0.4, -0.2) is 60.4 Å².